The molecule has 0 bridgehead atoms. The molecule has 0 spiro atoms. The zero-order valence-corrected chi connectivity index (χ0v) is 13.5. The molecule has 0 saturated heterocycles. The van der Waals surface area contributed by atoms with E-state index in [9.17, 15) is 4.79 Å². The number of hydrogen-bond acceptors (Lipinski definition) is 6. The van der Waals surface area contributed by atoms with Crippen molar-refractivity contribution in [2.24, 2.45) is 0 Å². The third kappa shape index (κ3) is 4.17. The normalized spacial score (nSPS) is 25.0. The highest BCUT2D eigenvalue weighted by atomic mass is 32.2. The van der Waals surface area contributed by atoms with Gasteiger partial charge in [0.05, 0.1) is 12.8 Å². The van der Waals surface area contributed by atoms with E-state index in [1.54, 1.807) is 30.4 Å². The van der Waals surface area contributed by atoms with Crippen LogP contribution in [-0.4, -0.2) is 39.9 Å². The topological polar surface area (TPSA) is 64.1 Å². The van der Waals surface area contributed by atoms with Gasteiger partial charge in [-0.2, -0.15) is 0 Å². The molecule has 0 aromatic carbocycles. The van der Waals surface area contributed by atoms with Crippen molar-refractivity contribution in [1.82, 2.24) is 15.3 Å². The van der Waals surface area contributed by atoms with Crippen molar-refractivity contribution in [3.8, 4) is 0 Å². The Morgan fingerprint density at radius 1 is 1.52 bits per heavy atom. The molecule has 2 atom stereocenters. The van der Waals surface area contributed by atoms with Gasteiger partial charge in [-0.05, 0) is 39.2 Å². The number of carbonyl (C=O) groups excluding carboxylic acids is 1. The minimum absolute atomic E-state index is 0.110. The molecule has 1 aliphatic carbocycles. The zero-order chi connectivity index (χ0) is 15.1. The summed E-state index contributed by atoms with van der Waals surface area (Å²) in [5.74, 6) is -0.110. The van der Waals surface area contributed by atoms with Crippen LogP contribution in [0.25, 0.3) is 0 Å². The highest BCUT2D eigenvalue weighted by molar-refractivity contribution is 7.99. The first-order valence-corrected chi connectivity index (χ1v) is 8.43. The largest absolute Gasteiger partial charge is 0.465 e. The Hall–Kier alpha value is -1.14. The van der Waals surface area contributed by atoms with Gasteiger partial charge in [0.15, 0.2) is 0 Å². The van der Waals surface area contributed by atoms with Crippen LogP contribution < -0.4 is 5.32 Å². The minimum atomic E-state index is -0.522. The van der Waals surface area contributed by atoms with E-state index < -0.39 is 5.54 Å². The van der Waals surface area contributed by atoms with E-state index in [1.807, 2.05) is 6.92 Å². The molecule has 1 N–H and O–H groups in total. The van der Waals surface area contributed by atoms with Gasteiger partial charge in [-0.25, -0.2) is 4.98 Å². The Labute approximate surface area is 130 Å². The molecule has 2 unspecified atom stereocenters. The van der Waals surface area contributed by atoms with Crippen LogP contribution in [0.1, 0.15) is 39.5 Å². The van der Waals surface area contributed by atoms with E-state index in [0.717, 1.165) is 37.3 Å². The number of rotatable bonds is 7. The second-order valence-electron chi connectivity index (χ2n) is 5.26. The molecular weight excluding hydrogens is 286 g/mol. The number of esters is 1. The number of ether oxygens (including phenoxy) is 1. The van der Waals surface area contributed by atoms with Crippen LogP contribution in [0.2, 0.25) is 0 Å². The van der Waals surface area contributed by atoms with Crippen LogP contribution >= 0.6 is 11.8 Å². The summed E-state index contributed by atoms with van der Waals surface area (Å²) >= 11 is 1.70. The summed E-state index contributed by atoms with van der Waals surface area (Å²) in [6.07, 6.45) is 8.74. The van der Waals surface area contributed by atoms with Crippen molar-refractivity contribution in [2.75, 3.05) is 13.2 Å². The van der Waals surface area contributed by atoms with Crippen LogP contribution in [0.3, 0.4) is 0 Å². The second kappa shape index (κ2) is 7.75. The van der Waals surface area contributed by atoms with Crippen molar-refractivity contribution >= 4 is 17.7 Å². The summed E-state index contributed by atoms with van der Waals surface area (Å²) < 4.78 is 5.29. The number of carbonyl (C=O) groups is 1. The summed E-state index contributed by atoms with van der Waals surface area (Å²) in [5.41, 5.74) is -0.522. The van der Waals surface area contributed by atoms with Crippen molar-refractivity contribution in [2.45, 2.75) is 55.3 Å². The number of nitrogens with one attached hydrogen (secondary N) is 1. The summed E-state index contributed by atoms with van der Waals surface area (Å²) in [6.45, 7) is 5.22. The van der Waals surface area contributed by atoms with Gasteiger partial charge < -0.3 is 10.1 Å². The molecule has 21 heavy (non-hydrogen) atoms. The lowest BCUT2D eigenvalue weighted by atomic mass is 9.97. The van der Waals surface area contributed by atoms with E-state index in [-0.39, 0.29) is 5.97 Å². The maximum absolute atomic E-state index is 12.3. The van der Waals surface area contributed by atoms with Crippen LogP contribution in [0.4, 0.5) is 0 Å². The van der Waals surface area contributed by atoms with E-state index in [2.05, 4.69) is 22.2 Å². The summed E-state index contributed by atoms with van der Waals surface area (Å²) in [7, 11) is 0. The van der Waals surface area contributed by atoms with Gasteiger partial charge in [0.1, 0.15) is 10.6 Å². The van der Waals surface area contributed by atoms with E-state index in [1.165, 1.54) is 0 Å². The number of hydrogen-bond donors (Lipinski definition) is 1. The lowest BCUT2D eigenvalue weighted by Gasteiger charge is -2.28. The molecule has 5 nitrogen and oxygen atoms in total. The maximum Gasteiger partial charge on any atom is 0.326 e. The quantitative estimate of drug-likeness (QED) is 0.780. The molecule has 1 aliphatic rings. The minimum Gasteiger partial charge on any atom is -0.465 e. The Bertz CT molecular complexity index is 457. The van der Waals surface area contributed by atoms with Crippen molar-refractivity contribution < 1.29 is 9.53 Å². The van der Waals surface area contributed by atoms with Crippen molar-refractivity contribution in [1.29, 1.82) is 0 Å². The lowest BCUT2D eigenvalue weighted by molar-refractivity contribution is -0.151. The fraction of sp³-hybridized carbons (Fsp3) is 0.667. The molecule has 2 rings (SSSR count). The Kier molecular flexibility index (Phi) is 5.99. The molecule has 0 amide bonds. The third-order valence-corrected chi connectivity index (χ3v) is 4.86. The molecule has 1 aromatic heterocycles. The molecule has 6 heteroatoms. The summed E-state index contributed by atoms with van der Waals surface area (Å²) in [4.78, 5) is 20.7. The van der Waals surface area contributed by atoms with E-state index in [4.69, 9.17) is 4.74 Å². The molecule has 1 fully saturated rings. The molecular formula is C15H23N3O2S. The van der Waals surface area contributed by atoms with Gasteiger partial charge in [0.25, 0.3) is 0 Å². The highest BCUT2D eigenvalue weighted by Gasteiger charge is 2.46. The molecule has 1 aromatic rings. The molecule has 0 aliphatic heterocycles. The average molecular weight is 309 g/mol. The van der Waals surface area contributed by atoms with Gasteiger partial charge in [0.2, 0.25) is 0 Å². The predicted molar refractivity (Wildman–Crippen MR) is 83.2 cm³/mol. The SMILES string of the molecule is CCCNC1(C(=O)OCC)CCC(Sc2cnccn2)C1. The second-order valence-corrected chi connectivity index (χ2v) is 6.58. The summed E-state index contributed by atoms with van der Waals surface area (Å²) in [6, 6.07) is 0. The van der Waals surface area contributed by atoms with Crippen LogP contribution in [-0.2, 0) is 9.53 Å². The van der Waals surface area contributed by atoms with Gasteiger partial charge in [-0.3, -0.25) is 9.78 Å². The number of nitrogens with zero attached hydrogens (tertiary/aromatic N) is 2. The Morgan fingerprint density at radius 2 is 2.38 bits per heavy atom. The molecule has 0 radical (unpaired) electrons. The van der Waals surface area contributed by atoms with Crippen LogP contribution in [0, 0.1) is 0 Å². The molecule has 116 valence electrons. The van der Waals surface area contributed by atoms with Gasteiger partial charge in [0, 0.05) is 17.6 Å². The first-order valence-electron chi connectivity index (χ1n) is 7.55. The summed E-state index contributed by atoms with van der Waals surface area (Å²) in [5, 5.41) is 4.71. The van der Waals surface area contributed by atoms with Crippen LogP contribution in [0.15, 0.2) is 23.6 Å². The molecule has 1 heterocycles. The fourth-order valence-electron chi connectivity index (χ4n) is 2.67. The average Bonchev–Trinajstić information content (AvgIpc) is 2.91. The first kappa shape index (κ1) is 16.2. The fourth-order valence-corrected chi connectivity index (χ4v) is 3.86. The third-order valence-electron chi connectivity index (χ3n) is 3.68. The molecule has 1 saturated carbocycles. The van der Waals surface area contributed by atoms with Crippen molar-refractivity contribution in [3.05, 3.63) is 18.6 Å². The highest BCUT2D eigenvalue weighted by Crippen LogP contribution is 2.40. The van der Waals surface area contributed by atoms with E-state index in [0.29, 0.717) is 11.9 Å². The van der Waals surface area contributed by atoms with E-state index >= 15 is 0 Å². The number of aromatic nitrogens is 2. The Balaban J connectivity index is 2.01. The first-order chi connectivity index (χ1) is 10.2. The van der Waals surface area contributed by atoms with Crippen LogP contribution in [0.5, 0.6) is 0 Å². The Morgan fingerprint density at radius 3 is 3.05 bits per heavy atom. The maximum atomic E-state index is 12.3. The number of thioether (sulfide) groups is 1. The van der Waals surface area contributed by atoms with Crippen molar-refractivity contribution in [3.63, 3.8) is 0 Å². The van der Waals surface area contributed by atoms with Gasteiger partial charge in [-0.1, -0.05) is 6.92 Å². The standard InChI is InChI=1S/C15H23N3O2S/c1-3-7-18-15(14(19)20-4-2)6-5-12(10-15)21-13-11-16-8-9-17-13/h8-9,11-12,18H,3-7,10H2,1-2H3. The van der Waals surface area contributed by atoms with Gasteiger partial charge >= 0.3 is 5.97 Å². The smallest absolute Gasteiger partial charge is 0.326 e. The zero-order valence-electron chi connectivity index (χ0n) is 12.7. The lowest BCUT2D eigenvalue weighted by Crippen LogP contribution is -2.51. The predicted octanol–water partition coefficient (Wildman–Crippen LogP) is 2.42. The van der Waals surface area contributed by atoms with Gasteiger partial charge in [-0.15, -0.1) is 11.8 Å². The monoisotopic (exact) mass is 309 g/mol.